The molecule has 0 bridgehead atoms. The first-order valence-corrected chi connectivity index (χ1v) is 7.91. The number of hydrogen-bond acceptors (Lipinski definition) is 4. The number of aryl methyl sites for hydroxylation is 2. The van der Waals surface area contributed by atoms with Crippen molar-refractivity contribution in [3.63, 3.8) is 0 Å². The summed E-state index contributed by atoms with van der Waals surface area (Å²) < 4.78 is 0. The van der Waals surface area contributed by atoms with Gasteiger partial charge in [0, 0.05) is 31.4 Å². The minimum absolute atomic E-state index is 0.0772. The average molecular weight is 288 g/mol. The summed E-state index contributed by atoms with van der Waals surface area (Å²) in [6, 6.07) is 1.20. The number of carbonyl (C=O) groups excluding carboxylic acids is 1. The van der Waals surface area contributed by atoms with Gasteiger partial charge in [0.15, 0.2) is 0 Å². The Bertz CT molecular complexity index is 539. The third-order valence-electron chi connectivity index (χ3n) is 4.80. The molecular formula is C16H24N4O. The lowest BCUT2D eigenvalue weighted by Crippen LogP contribution is -2.63. The van der Waals surface area contributed by atoms with Crippen LogP contribution in [0.2, 0.25) is 0 Å². The first kappa shape index (κ1) is 14.4. The van der Waals surface area contributed by atoms with Crippen molar-refractivity contribution in [2.24, 2.45) is 0 Å². The lowest BCUT2D eigenvalue weighted by molar-refractivity contribution is 0.00203. The fraction of sp³-hybridized carbons (Fsp3) is 0.688. The largest absolute Gasteiger partial charge is 0.335 e. The zero-order chi connectivity index (χ0) is 15.0. The van der Waals surface area contributed by atoms with Crippen LogP contribution < -0.4 is 0 Å². The van der Waals surface area contributed by atoms with E-state index in [0.717, 1.165) is 18.8 Å². The molecule has 114 valence electrons. The van der Waals surface area contributed by atoms with Crippen molar-refractivity contribution >= 4 is 5.91 Å². The van der Waals surface area contributed by atoms with Crippen molar-refractivity contribution in [3.8, 4) is 0 Å². The molecule has 3 heterocycles. The summed E-state index contributed by atoms with van der Waals surface area (Å²) in [7, 11) is 0. The first-order valence-electron chi connectivity index (χ1n) is 7.91. The maximum atomic E-state index is 12.5. The minimum Gasteiger partial charge on any atom is -0.335 e. The zero-order valence-corrected chi connectivity index (χ0v) is 13.2. The van der Waals surface area contributed by atoms with Gasteiger partial charge in [0.05, 0.1) is 11.3 Å². The van der Waals surface area contributed by atoms with Gasteiger partial charge in [-0.15, -0.1) is 0 Å². The van der Waals surface area contributed by atoms with Crippen LogP contribution in [-0.2, 0) is 0 Å². The molecule has 1 amide bonds. The van der Waals surface area contributed by atoms with Gasteiger partial charge in [-0.2, -0.15) is 0 Å². The second kappa shape index (κ2) is 5.72. The van der Waals surface area contributed by atoms with Crippen LogP contribution >= 0.6 is 0 Å². The van der Waals surface area contributed by atoms with E-state index >= 15 is 0 Å². The van der Waals surface area contributed by atoms with Gasteiger partial charge in [-0.05, 0) is 40.2 Å². The van der Waals surface area contributed by atoms with Crippen LogP contribution in [0, 0.1) is 13.8 Å². The van der Waals surface area contributed by atoms with Crippen LogP contribution in [0.25, 0.3) is 0 Å². The van der Waals surface area contributed by atoms with Gasteiger partial charge in [-0.25, -0.2) is 9.97 Å². The van der Waals surface area contributed by atoms with Crippen LogP contribution in [0.1, 0.15) is 48.1 Å². The molecule has 1 atom stereocenters. The lowest BCUT2D eigenvalue weighted by Gasteiger charge is -2.49. The molecule has 21 heavy (non-hydrogen) atoms. The Morgan fingerprint density at radius 3 is 2.71 bits per heavy atom. The van der Waals surface area contributed by atoms with E-state index in [1.165, 1.54) is 25.8 Å². The third-order valence-corrected chi connectivity index (χ3v) is 4.80. The fourth-order valence-corrected chi connectivity index (χ4v) is 3.46. The Hall–Kier alpha value is -1.49. The fourth-order valence-electron chi connectivity index (χ4n) is 3.46. The second-order valence-corrected chi connectivity index (χ2v) is 6.36. The Balaban J connectivity index is 1.61. The van der Waals surface area contributed by atoms with Crippen molar-refractivity contribution in [1.82, 2.24) is 19.8 Å². The summed E-state index contributed by atoms with van der Waals surface area (Å²) in [5.41, 5.74) is 1.42. The van der Waals surface area contributed by atoms with Gasteiger partial charge in [-0.1, -0.05) is 6.42 Å². The van der Waals surface area contributed by atoms with E-state index in [-0.39, 0.29) is 5.91 Å². The number of likely N-dealkylation sites (tertiary alicyclic amines) is 2. The number of aromatic nitrogens is 2. The normalized spacial score (nSPS) is 24.0. The number of amides is 1. The summed E-state index contributed by atoms with van der Waals surface area (Å²) >= 11 is 0. The van der Waals surface area contributed by atoms with Crippen LogP contribution in [-0.4, -0.2) is 57.4 Å². The predicted octanol–water partition coefficient (Wildman–Crippen LogP) is 1.79. The summed E-state index contributed by atoms with van der Waals surface area (Å²) in [5.74, 6) is 0.793. The van der Waals surface area contributed by atoms with Gasteiger partial charge in [0.2, 0.25) is 0 Å². The molecule has 1 aromatic heterocycles. The topological polar surface area (TPSA) is 49.3 Å². The highest BCUT2D eigenvalue weighted by Gasteiger charge is 2.38. The Morgan fingerprint density at radius 1 is 1.29 bits per heavy atom. The molecule has 0 aliphatic carbocycles. The van der Waals surface area contributed by atoms with Crippen molar-refractivity contribution in [1.29, 1.82) is 0 Å². The summed E-state index contributed by atoms with van der Waals surface area (Å²) in [6.45, 7) is 8.90. The molecule has 5 nitrogen and oxygen atoms in total. The van der Waals surface area contributed by atoms with Crippen LogP contribution in [0.15, 0.2) is 6.20 Å². The van der Waals surface area contributed by atoms with Crippen molar-refractivity contribution in [2.45, 2.75) is 52.1 Å². The van der Waals surface area contributed by atoms with E-state index in [1.807, 2.05) is 18.7 Å². The molecule has 0 spiro atoms. The van der Waals surface area contributed by atoms with E-state index in [9.17, 15) is 4.79 Å². The van der Waals surface area contributed by atoms with Gasteiger partial charge in [0.1, 0.15) is 5.82 Å². The maximum Gasteiger partial charge on any atom is 0.257 e. The number of carbonyl (C=O) groups is 1. The molecule has 2 saturated heterocycles. The Labute approximate surface area is 126 Å². The minimum atomic E-state index is 0.0772. The van der Waals surface area contributed by atoms with Gasteiger partial charge in [0.25, 0.3) is 5.91 Å². The zero-order valence-electron chi connectivity index (χ0n) is 13.2. The highest BCUT2D eigenvalue weighted by atomic mass is 16.2. The quantitative estimate of drug-likeness (QED) is 0.832. The molecule has 2 aliphatic heterocycles. The number of piperidine rings is 1. The highest BCUT2D eigenvalue weighted by molar-refractivity contribution is 5.95. The van der Waals surface area contributed by atoms with Gasteiger partial charge in [-0.3, -0.25) is 9.69 Å². The molecule has 1 aromatic rings. The summed E-state index contributed by atoms with van der Waals surface area (Å²) in [5, 5.41) is 0. The van der Waals surface area contributed by atoms with E-state index < -0.39 is 0 Å². The Morgan fingerprint density at radius 2 is 2.05 bits per heavy atom. The smallest absolute Gasteiger partial charge is 0.257 e. The molecule has 2 aliphatic rings. The van der Waals surface area contributed by atoms with E-state index in [2.05, 4.69) is 21.8 Å². The molecule has 0 aromatic carbocycles. The molecule has 0 radical (unpaired) electrons. The van der Waals surface area contributed by atoms with E-state index in [4.69, 9.17) is 0 Å². The SMILES string of the molecule is Cc1ncc(C(=O)N2CC(N3CCCCC3C)C2)c(C)n1. The van der Waals surface area contributed by atoms with Gasteiger partial charge >= 0.3 is 0 Å². The van der Waals surface area contributed by atoms with E-state index in [0.29, 0.717) is 23.5 Å². The number of nitrogens with zero attached hydrogens (tertiary/aromatic N) is 4. The molecular weight excluding hydrogens is 264 g/mol. The molecule has 1 unspecified atom stereocenters. The molecule has 2 fully saturated rings. The predicted molar refractivity (Wildman–Crippen MR) is 81.2 cm³/mol. The monoisotopic (exact) mass is 288 g/mol. The highest BCUT2D eigenvalue weighted by Crippen LogP contribution is 2.25. The molecule has 3 rings (SSSR count). The average Bonchev–Trinajstić information content (AvgIpc) is 2.39. The maximum absolute atomic E-state index is 12.5. The van der Waals surface area contributed by atoms with Crippen molar-refractivity contribution in [3.05, 3.63) is 23.3 Å². The van der Waals surface area contributed by atoms with Crippen molar-refractivity contribution < 1.29 is 4.79 Å². The summed E-state index contributed by atoms with van der Waals surface area (Å²) in [6.07, 6.45) is 5.58. The van der Waals surface area contributed by atoms with Gasteiger partial charge < -0.3 is 4.90 Å². The van der Waals surface area contributed by atoms with E-state index in [1.54, 1.807) is 6.20 Å². The lowest BCUT2D eigenvalue weighted by atomic mass is 9.97. The third kappa shape index (κ3) is 2.79. The van der Waals surface area contributed by atoms with Crippen LogP contribution in [0.3, 0.4) is 0 Å². The molecule has 5 heteroatoms. The van der Waals surface area contributed by atoms with Crippen LogP contribution in [0.4, 0.5) is 0 Å². The molecule has 0 saturated carbocycles. The Kier molecular flexibility index (Phi) is 3.93. The summed E-state index contributed by atoms with van der Waals surface area (Å²) in [4.78, 5) is 25.4. The first-order chi connectivity index (χ1) is 10.1. The van der Waals surface area contributed by atoms with Crippen molar-refractivity contribution in [2.75, 3.05) is 19.6 Å². The molecule has 0 N–H and O–H groups in total. The number of rotatable bonds is 2. The number of hydrogen-bond donors (Lipinski definition) is 0. The standard InChI is InChI=1S/C16H24N4O/c1-11-6-4-5-7-20(11)14-9-19(10-14)16(21)15-8-17-13(3)18-12(15)2/h8,11,14H,4-7,9-10H2,1-3H3. The van der Waals surface area contributed by atoms with Crippen LogP contribution in [0.5, 0.6) is 0 Å². The second-order valence-electron chi connectivity index (χ2n) is 6.36.